The molecule has 1 rings (SSSR count). The van der Waals surface area contributed by atoms with Crippen LogP contribution in [-0.4, -0.2) is 36.9 Å². The first-order valence-electron chi connectivity index (χ1n) is 3.94. The Labute approximate surface area is 61.8 Å². The fourth-order valence-electron chi connectivity index (χ4n) is 1.04. The summed E-state index contributed by atoms with van der Waals surface area (Å²) in [6.07, 6.45) is 1.01. The van der Waals surface area contributed by atoms with Crippen LogP contribution >= 0.6 is 0 Å². The highest BCUT2D eigenvalue weighted by Crippen LogP contribution is 1.96. The Kier molecular flexibility index (Phi) is 3.12. The summed E-state index contributed by atoms with van der Waals surface area (Å²) in [6, 6.07) is 0.893. The van der Waals surface area contributed by atoms with Gasteiger partial charge in [-0.1, -0.05) is 6.92 Å². The molecule has 0 unspecified atom stereocenters. The smallest absolute Gasteiger partial charge is 0.0584 e. The molecule has 0 saturated carbocycles. The van der Waals surface area contributed by atoms with Gasteiger partial charge in [-0.15, -0.1) is 0 Å². The van der Waals surface area contributed by atoms with E-state index in [0.29, 0.717) is 12.1 Å². The van der Waals surface area contributed by atoms with Gasteiger partial charge in [0.15, 0.2) is 0 Å². The molecule has 1 saturated heterocycles. The van der Waals surface area contributed by atoms with Gasteiger partial charge in [0, 0.05) is 25.2 Å². The number of hydrogen-bond acceptors (Lipinski definition) is 3. The second kappa shape index (κ2) is 3.91. The molecular weight excluding hydrogens is 128 g/mol. The zero-order chi connectivity index (χ0) is 7.40. The summed E-state index contributed by atoms with van der Waals surface area (Å²) in [6.45, 7) is 4.44. The lowest BCUT2D eigenvalue weighted by Crippen LogP contribution is -2.58. The van der Waals surface area contributed by atoms with Gasteiger partial charge in [-0.05, 0) is 6.42 Å². The standard InChI is InChI=1S/C7H16N2O/c1-2-6(5-10)9-7-3-8-4-7/h6-10H,2-5H2,1H3/t6-/m1/s1. The molecule has 1 aliphatic heterocycles. The first kappa shape index (κ1) is 7.98. The summed E-state index contributed by atoms with van der Waals surface area (Å²) >= 11 is 0. The lowest BCUT2D eigenvalue weighted by atomic mass is 10.1. The third-order valence-corrected chi connectivity index (χ3v) is 1.97. The quantitative estimate of drug-likeness (QED) is 0.490. The second-order valence-electron chi connectivity index (χ2n) is 2.81. The van der Waals surface area contributed by atoms with Crippen molar-refractivity contribution in [2.24, 2.45) is 0 Å². The molecule has 0 aromatic carbocycles. The summed E-state index contributed by atoms with van der Waals surface area (Å²) in [7, 11) is 0. The van der Waals surface area contributed by atoms with Gasteiger partial charge in [0.1, 0.15) is 0 Å². The molecule has 1 fully saturated rings. The predicted molar refractivity (Wildman–Crippen MR) is 41.0 cm³/mol. The Morgan fingerprint density at radius 3 is 2.70 bits per heavy atom. The minimum Gasteiger partial charge on any atom is -0.395 e. The monoisotopic (exact) mass is 144 g/mol. The zero-order valence-corrected chi connectivity index (χ0v) is 6.43. The molecule has 1 aliphatic rings. The van der Waals surface area contributed by atoms with Crippen LogP contribution in [0.15, 0.2) is 0 Å². The lowest BCUT2D eigenvalue weighted by Gasteiger charge is -2.31. The molecule has 0 spiro atoms. The second-order valence-corrected chi connectivity index (χ2v) is 2.81. The SMILES string of the molecule is CC[C@H](CO)NC1CNC1. The van der Waals surface area contributed by atoms with E-state index in [1.54, 1.807) is 0 Å². The van der Waals surface area contributed by atoms with Crippen LogP contribution in [0.3, 0.4) is 0 Å². The van der Waals surface area contributed by atoms with Gasteiger partial charge in [0.25, 0.3) is 0 Å². The van der Waals surface area contributed by atoms with Crippen LogP contribution in [0.2, 0.25) is 0 Å². The van der Waals surface area contributed by atoms with E-state index in [0.717, 1.165) is 19.5 Å². The Hall–Kier alpha value is -0.120. The van der Waals surface area contributed by atoms with Crippen molar-refractivity contribution >= 4 is 0 Å². The van der Waals surface area contributed by atoms with E-state index in [-0.39, 0.29) is 6.61 Å². The highest BCUT2D eigenvalue weighted by Gasteiger charge is 2.18. The van der Waals surface area contributed by atoms with Crippen LogP contribution < -0.4 is 10.6 Å². The van der Waals surface area contributed by atoms with Crippen molar-refractivity contribution in [3.8, 4) is 0 Å². The average molecular weight is 144 g/mol. The molecule has 3 N–H and O–H groups in total. The van der Waals surface area contributed by atoms with Crippen LogP contribution in [0.4, 0.5) is 0 Å². The van der Waals surface area contributed by atoms with E-state index < -0.39 is 0 Å². The van der Waals surface area contributed by atoms with Crippen molar-refractivity contribution in [3.63, 3.8) is 0 Å². The minimum absolute atomic E-state index is 0.257. The van der Waals surface area contributed by atoms with Crippen molar-refractivity contribution < 1.29 is 5.11 Å². The molecule has 0 radical (unpaired) electrons. The summed E-state index contributed by atoms with van der Waals surface area (Å²) in [4.78, 5) is 0. The summed E-state index contributed by atoms with van der Waals surface area (Å²) in [5.41, 5.74) is 0. The Morgan fingerprint density at radius 2 is 2.40 bits per heavy atom. The molecule has 10 heavy (non-hydrogen) atoms. The van der Waals surface area contributed by atoms with Crippen LogP contribution in [0.5, 0.6) is 0 Å². The Balaban J connectivity index is 2.08. The molecule has 0 aliphatic carbocycles. The van der Waals surface area contributed by atoms with Gasteiger partial charge >= 0.3 is 0 Å². The summed E-state index contributed by atoms with van der Waals surface area (Å²) in [5.74, 6) is 0. The van der Waals surface area contributed by atoms with Crippen LogP contribution in [0.25, 0.3) is 0 Å². The van der Waals surface area contributed by atoms with Crippen molar-refractivity contribution in [1.29, 1.82) is 0 Å². The number of aliphatic hydroxyl groups excluding tert-OH is 1. The van der Waals surface area contributed by atoms with Crippen molar-refractivity contribution in [1.82, 2.24) is 10.6 Å². The highest BCUT2D eigenvalue weighted by molar-refractivity contribution is 4.84. The number of aliphatic hydroxyl groups is 1. The van der Waals surface area contributed by atoms with E-state index in [4.69, 9.17) is 5.11 Å². The third kappa shape index (κ3) is 1.94. The Morgan fingerprint density at radius 1 is 1.70 bits per heavy atom. The molecule has 1 heterocycles. The molecule has 60 valence electrons. The summed E-state index contributed by atoms with van der Waals surface area (Å²) < 4.78 is 0. The van der Waals surface area contributed by atoms with Gasteiger partial charge in [-0.25, -0.2) is 0 Å². The fraction of sp³-hybridized carbons (Fsp3) is 1.00. The van der Waals surface area contributed by atoms with Crippen molar-refractivity contribution in [2.45, 2.75) is 25.4 Å². The molecule has 3 heteroatoms. The molecule has 0 amide bonds. The maximum absolute atomic E-state index is 8.81. The van der Waals surface area contributed by atoms with E-state index in [1.807, 2.05) is 0 Å². The van der Waals surface area contributed by atoms with Gasteiger partial charge in [0.2, 0.25) is 0 Å². The van der Waals surface area contributed by atoms with E-state index >= 15 is 0 Å². The first-order valence-corrected chi connectivity index (χ1v) is 3.94. The fourth-order valence-corrected chi connectivity index (χ4v) is 1.04. The third-order valence-electron chi connectivity index (χ3n) is 1.97. The number of hydrogen-bond donors (Lipinski definition) is 3. The maximum Gasteiger partial charge on any atom is 0.0584 e. The van der Waals surface area contributed by atoms with Gasteiger partial charge in [-0.3, -0.25) is 0 Å². The maximum atomic E-state index is 8.81. The molecule has 0 aromatic rings. The van der Waals surface area contributed by atoms with Crippen LogP contribution in [0.1, 0.15) is 13.3 Å². The minimum atomic E-state index is 0.257. The first-order chi connectivity index (χ1) is 4.86. The largest absolute Gasteiger partial charge is 0.395 e. The van der Waals surface area contributed by atoms with Gasteiger partial charge in [-0.2, -0.15) is 0 Å². The number of rotatable bonds is 4. The highest BCUT2D eigenvalue weighted by atomic mass is 16.3. The Bertz CT molecular complexity index is 89.6. The van der Waals surface area contributed by atoms with Gasteiger partial charge < -0.3 is 15.7 Å². The molecule has 0 bridgehead atoms. The molecule has 0 aromatic heterocycles. The van der Waals surface area contributed by atoms with Crippen LogP contribution in [0, 0.1) is 0 Å². The normalized spacial score (nSPS) is 22.2. The molecule has 3 nitrogen and oxygen atoms in total. The lowest BCUT2D eigenvalue weighted by molar-refractivity contribution is 0.212. The van der Waals surface area contributed by atoms with Gasteiger partial charge in [0.05, 0.1) is 6.61 Å². The van der Waals surface area contributed by atoms with E-state index in [9.17, 15) is 0 Å². The molecule has 1 atom stereocenters. The average Bonchev–Trinajstić information content (AvgIpc) is 1.87. The van der Waals surface area contributed by atoms with Crippen molar-refractivity contribution in [3.05, 3.63) is 0 Å². The zero-order valence-electron chi connectivity index (χ0n) is 6.43. The summed E-state index contributed by atoms with van der Waals surface area (Å²) in [5, 5.41) is 15.3. The van der Waals surface area contributed by atoms with E-state index in [1.165, 1.54) is 0 Å². The topological polar surface area (TPSA) is 44.3 Å². The van der Waals surface area contributed by atoms with E-state index in [2.05, 4.69) is 17.6 Å². The predicted octanol–water partition coefficient (Wildman–Crippen LogP) is -0.681. The van der Waals surface area contributed by atoms with Crippen LogP contribution in [-0.2, 0) is 0 Å². The number of nitrogens with one attached hydrogen (secondary N) is 2. The van der Waals surface area contributed by atoms with Crippen molar-refractivity contribution in [2.75, 3.05) is 19.7 Å². The molecular formula is C7H16N2O.